The third kappa shape index (κ3) is 5.25. The molecule has 25 heavy (non-hydrogen) atoms. The third-order valence-corrected chi connectivity index (χ3v) is 5.10. The molecule has 0 heterocycles. The monoisotopic (exact) mass is 378 g/mol. The van der Waals surface area contributed by atoms with Gasteiger partial charge in [0.05, 0.1) is 11.6 Å². The van der Waals surface area contributed by atoms with Gasteiger partial charge in [0.15, 0.2) is 6.61 Å². The smallest absolute Gasteiger partial charge is 0.344 e. The van der Waals surface area contributed by atoms with Crippen LogP contribution in [-0.4, -0.2) is 25.5 Å². The van der Waals surface area contributed by atoms with Crippen LogP contribution in [0.3, 0.4) is 0 Å². The van der Waals surface area contributed by atoms with Gasteiger partial charge in [-0.25, -0.2) is 4.79 Å². The fraction of sp³-hybridized carbons (Fsp3) is 0.263. The van der Waals surface area contributed by atoms with Gasteiger partial charge in [-0.2, -0.15) is 0 Å². The van der Waals surface area contributed by atoms with Crippen molar-refractivity contribution in [2.75, 3.05) is 13.2 Å². The molecule has 0 spiro atoms. The molecule has 4 nitrogen and oxygen atoms in total. The van der Waals surface area contributed by atoms with Crippen LogP contribution in [0.2, 0.25) is 5.02 Å². The summed E-state index contributed by atoms with van der Waals surface area (Å²) in [6.07, 6.45) is 0.769. The summed E-state index contributed by atoms with van der Waals surface area (Å²) in [7, 11) is 0. The molecule has 0 atom stereocenters. The molecule has 0 fully saturated rings. The Hall–Kier alpha value is -1.98. The lowest BCUT2D eigenvalue weighted by atomic mass is 10.1. The zero-order valence-electron chi connectivity index (χ0n) is 14.3. The van der Waals surface area contributed by atoms with Crippen molar-refractivity contribution in [1.82, 2.24) is 0 Å². The summed E-state index contributed by atoms with van der Waals surface area (Å²) >= 11 is 7.76. The molecule has 0 saturated heterocycles. The van der Waals surface area contributed by atoms with E-state index in [2.05, 4.69) is 0 Å². The lowest BCUT2D eigenvalue weighted by molar-refractivity contribution is -0.145. The minimum absolute atomic E-state index is 0.112. The molecule has 6 heteroatoms. The van der Waals surface area contributed by atoms with Crippen LogP contribution in [0.25, 0.3) is 0 Å². The number of rotatable bonds is 7. The second-order valence-corrected chi connectivity index (χ2v) is 6.88. The predicted octanol–water partition coefficient (Wildman–Crippen LogP) is 4.86. The minimum Gasteiger partial charge on any atom is -0.482 e. The Balaban J connectivity index is 2.16. The van der Waals surface area contributed by atoms with Gasteiger partial charge in [0.25, 0.3) is 0 Å². The summed E-state index contributed by atoms with van der Waals surface area (Å²) in [6.45, 7) is 5.86. The zero-order chi connectivity index (χ0) is 18.4. The number of carbonyl (C=O) groups is 2. The van der Waals surface area contributed by atoms with Crippen LogP contribution in [-0.2, 0) is 9.53 Å². The second-order valence-electron chi connectivity index (χ2n) is 5.39. The van der Waals surface area contributed by atoms with E-state index in [0.717, 1.165) is 27.2 Å². The highest BCUT2D eigenvalue weighted by Crippen LogP contribution is 2.37. The molecule has 0 amide bonds. The van der Waals surface area contributed by atoms with Crippen LogP contribution >= 0.6 is 23.4 Å². The van der Waals surface area contributed by atoms with Gasteiger partial charge >= 0.3 is 5.97 Å². The van der Waals surface area contributed by atoms with Crippen molar-refractivity contribution in [2.24, 2.45) is 0 Å². The minimum atomic E-state index is -0.389. The highest BCUT2D eigenvalue weighted by molar-refractivity contribution is 7.99. The zero-order valence-corrected chi connectivity index (χ0v) is 15.9. The largest absolute Gasteiger partial charge is 0.482 e. The van der Waals surface area contributed by atoms with Crippen LogP contribution in [0.4, 0.5) is 0 Å². The van der Waals surface area contributed by atoms with Gasteiger partial charge in [0.2, 0.25) is 0 Å². The summed E-state index contributed by atoms with van der Waals surface area (Å²) in [5, 5.41) is 0.536. The van der Waals surface area contributed by atoms with E-state index in [4.69, 9.17) is 21.1 Å². The molecule has 132 valence electrons. The van der Waals surface area contributed by atoms with Gasteiger partial charge in [0.1, 0.15) is 12.0 Å². The van der Waals surface area contributed by atoms with Gasteiger partial charge in [-0.1, -0.05) is 29.4 Å². The highest BCUT2D eigenvalue weighted by Gasteiger charge is 2.11. The molecule has 2 aromatic rings. The van der Waals surface area contributed by atoms with Crippen molar-refractivity contribution in [3.05, 3.63) is 52.0 Å². The van der Waals surface area contributed by atoms with Gasteiger partial charge in [-0.05, 0) is 56.2 Å². The molecular weight excluding hydrogens is 360 g/mol. The summed E-state index contributed by atoms with van der Waals surface area (Å²) in [4.78, 5) is 24.1. The number of halogens is 1. The van der Waals surface area contributed by atoms with Crippen molar-refractivity contribution in [2.45, 2.75) is 30.6 Å². The highest BCUT2D eigenvalue weighted by atomic mass is 35.5. The van der Waals surface area contributed by atoms with Crippen LogP contribution < -0.4 is 4.74 Å². The van der Waals surface area contributed by atoms with Crippen molar-refractivity contribution >= 4 is 35.6 Å². The molecule has 0 aromatic heterocycles. The normalized spacial score (nSPS) is 10.4. The molecule has 0 N–H and O–H groups in total. The topological polar surface area (TPSA) is 52.6 Å². The maximum absolute atomic E-state index is 11.4. The van der Waals surface area contributed by atoms with Crippen molar-refractivity contribution in [3.63, 3.8) is 0 Å². The van der Waals surface area contributed by atoms with Crippen LogP contribution in [0, 0.1) is 13.8 Å². The first kappa shape index (κ1) is 19.3. The lowest BCUT2D eigenvalue weighted by Gasteiger charge is -2.13. The van der Waals surface area contributed by atoms with Crippen molar-refractivity contribution < 1.29 is 19.1 Å². The van der Waals surface area contributed by atoms with Crippen molar-refractivity contribution in [3.8, 4) is 5.75 Å². The summed E-state index contributed by atoms with van der Waals surface area (Å²) in [6, 6.07) is 9.10. The Morgan fingerprint density at radius 3 is 2.56 bits per heavy atom. The first-order valence-corrected chi connectivity index (χ1v) is 8.96. The molecule has 2 rings (SSSR count). The lowest BCUT2D eigenvalue weighted by Crippen LogP contribution is -2.15. The molecular formula is C19H19ClO4S. The maximum atomic E-state index is 11.4. The number of aldehydes is 1. The van der Waals surface area contributed by atoms with E-state index >= 15 is 0 Å². The van der Waals surface area contributed by atoms with Crippen LogP contribution in [0.15, 0.2) is 40.1 Å². The fourth-order valence-corrected chi connectivity index (χ4v) is 3.45. The van der Waals surface area contributed by atoms with Crippen LogP contribution in [0.1, 0.15) is 28.4 Å². The van der Waals surface area contributed by atoms with E-state index in [0.29, 0.717) is 22.9 Å². The fourth-order valence-electron chi connectivity index (χ4n) is 2.16. The van der Waals surface area contributed by atoms with Crippen molar-refractivity contribution in [1.29, 1.82) is 0 Å². The Labute approximate surface area is 156 Å². The third-order valence-electron chi connectivity index (χ3n) is 3.44. The maximum Gasteiger partial charge on any atom is 0.344 e. The quantitative estimate of drug-likeness (QED) is 0.508. The molecule has 0 aliphatic rings. The average molecular weight is 379 g/mol. The van der Waals surface area contributed by atoms with E-state index in [9.17, 15) is 9.59 Å². The number of benzene rings is 2. The first-order valence-electron chi connectivity index (χ1n) is 7.76. The standard InChI is InChI=1S/C19H19ClO4S/c1-4-23-19(22)11-24-16-7-13(3)18(8-12(16)2)25-17-6-5-14(10-21)9-15(17)20/h5-10H,4,11H2,1-3H3. The average Bonchev–Trinajstić information content (AvgIpc) is 2.58. The van der Waals surface area contributed by atoms with Gasteiger partial charge in [-0.3, -0.25) is 4.79 Å². The SMILES string of the molecule is CCOC(=O)COc1cc(C)c(Sc2ccc(C=O)cc2Cl)cc1C. The number of carbonyl (C=O) groups excluding carboxylic acids is 2. The summed E-state index contributed by atoms with van der Waals surface area (Å²) in [5.41, 5.74) is 2.47. The van der Waals surface area contributed by atoms with Gasteiger partial charge < -0.3 is 9.47 Å². The van der Waals surface area contributed by atoms with E-state index in [1.807, 2.05) is 32.0 Å². The Morgan fingerprint density at radius 1 is 1.16 bits per heavy atom. The molecule has 0 radical (unpaired) electrons. The van der Waals surface area contributed by atoms with Gasteiger partial charge in [0, 0.05) is 15.4 Å². The van der Waals surface area contributed by atoms with Gasteiger partial charge in [-0.15, -0.1) is 0 Å². The first-order chi connectivity index (χ1) is 11.9. The molecule has 2 aromatic carbocycles. The predicted molar refractivity (Wildman–Crippen MR) is 99.0 cm³/mol. The number of esters is 1. The molecule has 0 bridgehead atoms. The molecule has 0 saturated carbocycles. The van der Waals surface area contributed by atoms with E-state index in [1.54, 1.807) is 19.1 Å². The van der Waals surface area contributed by atoms with Crippen LogP contribution in [0.5, 0.6) is 5.75 Å². The number of hydrogen-bond donors (Lipinski definition) is 0. The number of ether oxygens (including phenoxy) is 2. The summed E-state index contributed by atoms with van der Waals surface area (Å²) in [5.74, 6) is 0.261. The molecule has 0 aliphatic carbocycles. The van der Waals surface area contributed by atoms with E-state index in [1.165, 1.54) is 11.8 Å². The van der Waals surface area contributed by atoms with E-state index < -0.39 is 0 Å². The Kier molecular flexibility index (Phi) is 6.91. The summed E-state index contributed by atoms with van der Waals surface area (Å²) < 4.78 is 10.4. The molecule has 0 unspecified atom stereocenters. The number of hydrogen-bond acceptors (Lipinski definition) is 5. The number of aryl methyl sites for hydroxylation is 2. The molecule has 0 aliphatic heterocycles. The van der Waals surface area contributed by atoms with E-state index in [-0.39, 0.29) is 12.6 Å². The Morgan fingerprint density at radius 2 is 1.92 bits per heavy atom. The Bertz CT molecular complexity index is 789. The second kappa shape index (κ2) is 8.92.